The highest BCUT2D eigenvalue weighted by Gasteiger charge is 1.96. The number of nitrogens with zero attached hydrogens (tertiary/aromatic N) is 1. The van der Waals surface area contributed by atoms with E-state index in [-0.39, 0.29) is 0 Å². The van der Waals surface area contributed by atoms with Crippen LogP contribution in [0.4, 0.5) is 0 Å². The van der Waals surface area contributed by atoms with Gasteiger partial charge in [0, 0.05) is 11.8 Å². The van der Waals surface area contributed by atoms with Gasteiger partial charge in [0.25, 0.3) is 0 Å². The summed E-state index contributed by atoms with van der Waals surface area (Å²) >= 11 is 0. The molecule has 0 aliphatic rings. The van der Waals surface area contributed by atoms with Gasteiger partial charge in [-0.1, -0.05) is 64.4 Å². The molecule has 0 N–H and O–H groups in total. The second-order valence-corrected chi connectivity index (χ2v) is 7.05. The quantitative estimate of drug-likeness (QED) is 0.333. The van der Waals surface area contributed by atoms with Gasteiger partial charge in [0.1, 0.15) is 11.4 Å². The number of hydrogen-bond donors (Lipinski definition) is 0. The Bertz CT molecular complexity index is 692. The standard InChI is InChI=1S/C25H33NO/c1-3-5-7-8-10-20-27-25-18-14-22(15-19-25)12-16-24-17-13-23(21-26-24)11-9-6-4-2/h13-15,17-19,21H,3-11,20H2,1-2H3. The SMILES string of the molecule is CCCCCCCOc1ccc(C#Cc2ccc(CCCCC)cn2)cc1. The summed E-state index contributed by atoms with van der Waals surface area (Å²) in [7, 11) is 0. The Balaban J connectivity index is 1.77. The van der Waals surface area contributed by atoms with Gasteiger partial charge in [-0.15, -0.1) is 0 Å². The first-order chi connectivity index (χ1) is 13.3. The molecule has 2 heteroatoms. The summed E-state index contributed by atoms with van der Waals surface area (Å²) < 4.78 is 5.80. The number of hydrogen-bond acceptors (Lipinski definition) is 2. The molecule has 1 aromatic heterocycles. The molecule has 27 heavy (non-hydrogen) atoms. The van der Waals surface area contributed by atoms with Gasteiger partial charge in [-0.2, -0.15) is 0 Å². The lowest BCUT2D eigenvalue weighted by Gasteiger charge is -2.05. The molecule has 0 unspecified atom stereocenters. The summed E-state index contributed by atoms with van der Waals surface area (Å²) in [6.45, 7) is 5.26. The van der Waals surface area contributed by atoms with E-state index in [2.05, 4.69) is 36.7 Å². The molecule has 2 nitrogen and oxygen atoms in total. The zero-order valence-electron chi connectivity index (χ0n) is 17.0. The average Bonchev–Trinajstić information content (AvgIpc) is 2.71. The molecule has 2 aromatic rings. The zero-order valence-corrected chi connectivity index (χ0v) is 17.0. The molecule has 144 valence electrons. The third kappa shape index (κ3) is 8.78. The normalized spacial score (nSPS) is 10.3. The number of rotatable bonds is 11. The van der Waals surface area contributed by atoms with Gasteiger partial charge in [0.05, 0.1) is 6.61 Å². The van der Waals surface area contributed by atoms with Crippen molar-refractivity contribution >= 4 is 0 Å². The van der Waals surface area contributed by atoms with Crippen molar-refractivity contribution in [2.75, 3.05) is 6.61 Å². The monoisotopic (exact) mass is 363 g/mol. The fraction of sp³-hybridized carbons (Fsp3) is 0.480. The van der Waals surface area contributed by atoms with Crippen molar-refractivity contribution in [2.24, 2.45) is 0 Å². The molecule has 0 atom stereocenters. The maximum Gasteiger partial charge on any atom is 0.119 e. The topological polar surface area (TPSA) is 22.1 Å². The summed E-state index contributed by atoms with van der Waals surface area (Å²) in [5.74, 6) is 7.25. The smallest absolute Gasteiger partial charge is 0.119 e. The van der Waals surface area contributed by atoms with E-state index in [0.29, 0.717) is 0 Å². The highest BCUT2D eigenvalue weighted by molar-refractivity contribution is 5.42. The molecule has 1 aromatic carbocycles. The molecule has 1 heterocycles. The van der Waals surface area contributed by atoms with Crippen molar-refractivity contribution < 1.29 is 4.74 Å². The number of pyridine rings is 1. The highest BCUT2D eigenvalue weighted by atomic mass is 16.5. The third-order valence-electron chi connectivity index (χ3n) is 4.60. The van der Waals surface area contributed by atoms with Crippen LogP contribution in [0.2, 0.25) is 0 Å². The van der Waals surface area contributed by atoms with Crippen molar-refractivity contribution in [3.63, 3.8) is 0 Å². The van der Waals surface area contributed by atoms with Crippen molar-refractivity contribution in [1.82, 2.24) is 4.98 Å². The fourth-order valence-electron chi connectivity index (χ4n) is 2.89. The molecule has 2 rings (SSSR count). The van der Waals surface area contributed by atoms with Crippen LogP contribution in [0.1, 0.15) is 82.0 Å². The Labute approximate surface area is 165 Å². The minimum absolute atomic E-state index is 0.795. The van der Waals surface area contributed by atoms with Crippen LogP contribution in [0, 0.1) is 11.8 Å². The molecule has 0 aliphatic heterocycles. The lowest BCUT2D eigenvalue weighted by Crippen LogP contribution is -1.97. The average molecular weight is 364 g/mol. The molecular weight excluding hydrogens is 330 g/mol. The number of benzene rings is 1. The van der Waals surface area contributed by atoms with E-state index in [1.165, 1.54) is 50.5 Å². The van der Waals surface area contributed by atoms with Crippen LogP contribution in [0.25, 0.3) is 0 Å². The van der Waals surface area contributed by atoms with Crippen LogP contribution in [-0.2, 0) is 6.42 Å². The van der Waals surface area contributed by atoms with E-state index in [1.807, 2.05) is 36.5 Å². The van der Waals surface area contributed by atoms with Crippen LogP contribution in [-0.4, -0.2) is 11.6 Å². The van der Waals surface area contributed by atoms with Gasteiger partial charge in [-0.3, -0.25) is 0 Å². The first kappa shape index (κ1) is 21.0. The highest BCUT2D eigenvalue weighted by Crippen LogP contribution is 2.13. The summed E-state index contributed by atoms with van der Waals surface area (Å²) in [5, 5.41) is 0. The van der Waals surface area contributed by atoms with Gasteiger partial charge in [-0.05, 0) is 61.1 Å². The number of aryl methyl sites for hydroxylation is 1. The number of unbranched alkanes of at least 4 members (excludes halogenated alkanes) is 6. The predicted molar refractivity (Wildman–Crippen MR) is 114 cm³/mol. The molecule has 0 radical (unpaired) electrons. The maximum absolute atomic E-state index is 5.80. The molecule has 0 bridgehead atoms. The van der Waals surface area contributed by atoms with E-state index in [4.69, 9.17) is 4.74 Å². The molecule has 0 saturated heterocycles. The largest absolute Gasteiger partial charge is 0.494 e. The van der Waals surface area contributed by atoms with E-state index >= 15 is 0 Å². The van der Waals surface area contributed by atoms with E-state index in [0.717, 1.165) is 36.5 Å². The van der Waals surface area contributed by atoms with E-state index in [9.17, 15) is 0 Å². The predicted octanol–water partition coefficient (Wildman–Crippen LogP) is 6.56. The second kappa shape index (κ2) is 13.0. The van der Waals surface area contributed by atoms with Gasteiger partial charge in [0.15, 0.2) is 0 Å². The van der Waals surface area contributed by atoms with Crippen LogP contribution in [0.5, 0.6) is 5.75 Å². The molecule has 0 aliphatic carbocycles. The van der Waals surface area contributed by atoms with E-state index in [1.54, 1.807) is 0 Å². The lowest BCUT2D eigenvalue weighted by molar-refractivity contribution is 0.304. The molecule has 0 saturated carbocycles. The molecule has 0 spiro atoms. The summed E-state index contributed by atoms with van der Waals surface area (Å²) in [4.78, 5) is 4.46. The summed E-state index contributed by atoms with van der Waals surface area (Å²) in [6, 6.07) is 12.2. The molecular formula is C25H33NO. The second-order valence-electron chi connectivity index (χ2n) is 7.05. The number of aromatic nitrogens is 1. The minimum Gasteiger partial charge on any atom is -0.494 e. The summed E-state index contributed by atoms with van der Waals surface area (Å²) in [6.07, 6.45) is 13.1. The zero-order chi connectivity index (χ0) is 19.2. The Hall–Kier alpha value is -2.27. The lowest BCUT2D eigenvalue weighted by atomic mass is 10.1. The van der Waals surface area contributed by atoms with E-state index < -0.39 is 0 Å². The Morgan fingerprint density at radius 1 is 0.778 bits per heavy atom. The maximum atomic E-state index is 5.80. The van der Waals surface area contributed by atoms with Crippen LogP contribution in [0.15, 0.2) is 42.6 Å². The summed E-state index contributed by atoms with van der Waals surface area (Å²) in [5.41, 5.74) is 3.10. The Morgan fingerprint density at radius 2 is 1.52 bits per heavy atom. The van der Waals surface area contributed by atoms with Crippen molar-refractivity contribution in [2.45, 2.75) is 71.6 Å². The number of ether oxygens (including phenoxy) is 1. The molecule has 0 fully saturated rings. The van der Waals surface area contributed by atoms with Gasteiger partial charge in [0.2, 0.25) is 0 Å². The molecule has 0 amide bonds. The first-order valence-electron chi connectivity index (χ1n) is 10.5. The van der Waals surface area contributed by atoms with Gasteiger partial charge in [-0.25, -0.2) is 4.98 Å². The van der Waals surface area contributed by atoms with Crippen molar-refractivity contribution in [3.8, 4) is 17.6 Å². The Morgan fingerprint density at radius 3 is 2.22 bits per heavy atom. The first-order valence-corrected chi connectivity index (χ1v) is 10.5. The van der Waals surface area contributed by atoms with Crippen LogP contribution >= 0.6 is 0 Å². The van der Waals surface area contributed by atoms with Crippen LogP contribution in [0.3, 0.4) is 0 Å². The van der Waals surface area contributed by atoms with Crippen molar-refractivity contribution in [3.05, 3.63) is 59.4 Å². The third-order valence-corrected chi connectivity index (χ3v) is 4.60. The van der Waals surface area contributed by atoms with Crippen molar-refractivity contribution in [1.29, 1.82) is 0 Å². The van der Waals surface area contributed by atoms with Gasteiger partial charge >= 0.3 is 0 Å². The minimum atomic E-state index is 0.795. The fourth-order valence-corrected chi connectivity index (χ4v) is 2.89. The Kier molecular flexibility index (Phi) is 10.1. The van der Waals surface area contributed by atoms with Gasteiger partial charge < -0.3 is 4.74 Å². The van der Waals surface area contributed by atoms with Crippen LogP contribution < -0.4 is 4.74 Å².